The van der Waals surface area contributed by atoms with Crippen molar-refractivity contribution in [2.24, 2.45) is 5.92 Å². The highest BCUT2D eigenvalue weighted by Gasteiger charge is 2.03. The Bertz CT molecular complexity index is 276. The van der Waals surface area contributed by atoms with E-state index < -0.39 is 6.10 Å². The predicted octanol–water partition coefficient (Wildman–Crippen LogP) is 5.06. The van der Waals surface area contributed by atoms with Crippen LogP contribution < -0.4 is 5.32 Å². The number of rotatable bonds is 22. The van der Waals surface area contributed by atoms with Crippen LogP contribution in [0.2, 0.25) is 0 Å². The van der Waals surface area contributed by atoms with Crippen molar-refractivity contribution in [1.82, 2.24) is 5.32 Å². The van der Waals surface area contributed by atoms with E-state index in [2.05, 4.69) is 19.2 Å². The van der Waals surface area contributed by atoms with E-state index in [9.17, 15) is 5.11 Å². The second-order valence-electron chi connectivity index (χ2n) is 8.23. The molecule has 0 amide bonds. The van der Waals surface area contributed by atoms with Crippen molar-refractivity contribution in [3.63, 3.8) is 0 Å². The van der Waals surface area contributed by atoms with Crippen LogP contribution in [-0.4, -0.2) is 49.2 Å². The van der Waals surface area contributed by atoms with Gasteiger partial charge in [0, 0.05) is 19.7 Å². The molecule has 0 saturated heterocycles. The Morgan fingerprint density at radius 3 is 1.96 bits per heavy atom. The minimum atomic E-state index is -0.476. The molecule has 0 aliphatic carbocycles. The summed E-state index contributed by atoms with van der Waals surface area (Å²) in [6.07, 6.45) is 18.5. The Balaban J connectivity index is 3.12. The van der Waals surface area contributed by atoms with Crippen molar-refractivity contribution in [2.75, 3.05) is 32.9 Å². The molecule has 0 heterocycles. The van der Waals surface area contributed by atoms with E-state index in [1.54, 1.807) is 0 Å². The lowest BCUT2D eigenvalue weighted by Crippen LogP contribution is -2.32. The average molecular weight is 388 g/mol. The number of hydrogen-bond acceptors (Lipinski definition) is 4. The van der Waals surface area contributed by atoms with Crippen molar-refractivity contribution in [2.45, 2.75) is 110 Å². The van der Waals surface area contributed by atoms with Gasteiger partial charge in [0.2, 0.25) is 0 Å². The van der Waals surface area contributed by atoms with Crippen LogP contribution in [0.15, 0.2) is 0 Å². The molecule has 0 fully saturated rings. The largest absolute Gasteiger partial charge is 0.395 e. The van der Waals surface area contributed by atoms with Crippen LogP contribution in [-0.2, 0) is 4.74 Å². The molecule has 164 valence electrons. The maximum atomic E-state index is 9.65. The van der Waals surface area contributed by atoms with E-state index in [-0.39, 0.29) is 6.61 Å². The van der Waals surface area contributed by atoms with Crippen LogP contribution in [0.3, 0.4) is 0 Å². The van der Waals surface area contributed by atoms with E-state index in [1.165, 1.54) is 83.5 Å². The van der Waals surface area contributed by atoms with Crippen molar-refractivity contribution in [3.05, 3.63) is 0 Å². The van der Waals surface area contributed by atoms with E-state index in [4.69, 9.17) is 9.84 Å². The first-order chi connectivity index (χ1) is 13.2. The molecule has 0 radical (unpaired) electrons. The van der Waals surface area contributed by atoms with Gasteiger partial charge in [0.15, 0.2) is 0 Å². The van der Waals surface area contributed by atoms with Gasteiger partial charge in [-0.25, -0.2) is 0 Å². The third kappa shape index (κ3) is 22.0. The summed E-state index contributed by atoms with van der Waals surface area (Å²) in [7, 11) is 0. The molecule has 0 aromatic rings. The highest BCUT2D eigenvalue weighted by molar-refractivity contribution is 4.58. The molecular weight excluding hydrogens is 338 g/mol. The summed E-state index contributed by atoms with van der Waals surface area (Å²) in [5.41, 5.74) is 0. The highest BCUT2D eigenvalue weighted by atomic mass is 16.5. The molecule has 2 unspecified atom stereocenters. The van der Waals surface area contributed by atoms with Crippen molar-refractivity contribution >= 4 is 0 Å². The molecule has 0 aromatic heterocycles. The van der Waals surface area contributed by atoms with Crippen LogP contribution in [0.25, 0.3) is 0 Å². The zero-order chi connectivity index (χ0) is 20.0. The van der Waals surface area contributed by atoms with Gasteiger partial charge in [-0.2, -0.15) is 0 Å². The third-order valence-electron chi connectivity index (χ3n) is 5.26. The molecule has 0 bridgehead atoms. The highest BCUT2D eigenvalue weighted by Crippen LogP contribution is 2.17. The van der Waals surface area contributed by atoms with Crippen LogP contribution in [0.1, 0.15) is 104 Å². The topological polar surface area (TPSA) is 61.7 Å². The molecule has 3 N–H and O–H groups in total. The fraction of sp³-hybridized carbons (Fsp3) is 1.00. The van der Waals surface area contributed by atoms with Gasteiger partial charge in [0.05, 0.1) is 19.3 Å². The second-order valence-corrected chi connectivity index (χ2v) is 8.23. The molecule has 4 heteroatoms. The Morgan fingerprint density at radius 2 is 1.37 bits per heavy atom. The van der Waals surface area contributed by atoms with Gasteiger partial charge in [-0.15, -0.1) is 0 Å². The first-order valence-corrected chi connectivity index (χ1v) is 11.8. The number of unbranched alkanes of at least 4 members (excludes halogenated alkanes) is 10. The summed E-state index contributed by atoms with van der Waals surface area (Å²) in [6, 6.07) is 0. The molecule has 27 heavy (non-hydrogen) atoms. The van der Waals surface area contributed by atoms with E-state index in [0.717, 1.165) is 18.9 Å². The van der Waals surface area contributed by atoms with E-state index in [1.807, 2.05) is 0 Å². The molecule has 0 spiro atoms. The third-order valence-corrected chi connectivity index (χ3v) is 5.26. The minimum Gasteiger partial charge on any atom is -0.395 e. The summed E-state index contributed by atoms with van der Waals surface area (Å²) >= 11 is 0. The van der Waals surface area contributed by atoms with Crippen LogP contribution in [0.4, 0.5) is 0 Å². The molecule has 4 nitrogen and oxygen atoms in total. The number of nitrogens with one attached hydrogen (secondary N) is 1. The van der Waals surface area contributed by atoms with Crippen molar-refractivity contribution < 1.29 is 14.9 Å². The first-order valence-electron chi connectivity index (χ1n) is 11.8. The number of ether oxygens (including phenoxy) is 1. The minimum absolute atomic E-state index is 0.103. The predicted molar refractivity (Wildman–Crippen MR) is 116 cm³/mol. The van der Waals surface area contributed by atoms with E-state index in [0.29, 0.717) is 19.7 Å². The first kappa shape index (κ1) is 26.8. The van der Waals surface area contributed by atoms with Gasteiger partial charge < -0.3 is 20.3 Å². The molecule has 0 rings (SSSR count). The Labute approximate surface area is 169 Å². The van der Waals surface area contributed by atoms with Gasteiger partial charge in [-0.1, -0.05) is 97.3 Å². The van der Waals surface area contributed by atoms with Crippen molar-refractivity contribution in [1.29, 1.82) is 0 Å². The fourth-order valence-corrected chi connectivity index (χ4v) is 3.43. The average Bonchev–Trinajstić information content (AvgIpc) is 2.66. The lowest BCUT2D eigenvalue weighted by Gasteiger charge is -2.11. The Hall–Kier alpha value is -0.160. The van der Waals surface area contributed by atoms with Gasteiger partial charge in [0.1, 0.15) is 0 Å². The van der Waals surface area contributed by atoms with Gasteiger partial charge in [-0.05, 0) is 12.3 Å². The molecule has 0 saturated carbocycles. The lowest BCUT2D eigenvalue weighted by atomic mass is 9.97. The summed E-state index contributed by atoms with van der Waals surface area (Å²) in [5, 5.41) is 21.3. The summed E-state index contributed by atoms with van der Waals surface area (Å²) < 4.78 is 5.49. The van der Waals surface area contributed by atoms with Gasteiger partial charge >= 0.3 is 0 Å². The van der Waals surface area contributed by atoms with Gasteiger partial charge in [0.25, 0.3) is 0 Å². The lowest BCUT2D eigenvalue weighted by molar-refractivity contribution is 0.0350. The van der Waals surface area contributed by atoms with Crippen molar-refractivity contribution in [3.8, 4) is 0 Å². The molecule has 0 aliphatic rings. The Kier molecular flexibility index (Phi) is 22.0. The zero-order valence-electron chi connectivity index (χ0n) is 18.4. The quantitative estimate of drug-likeness (QED) is 0.227. The van der Waals surface area contributed by atoms with Crippen LogP contribution in [0, 0.1) is 5.92 Å². The Morgan fingerprint density at radius 1 is 0.815 bits per heavy atom. The van der Waals surface area contributed by atoms with E-state index >= 15 is 0 Å². The normalized spacial score (nSPS) is 13.8. The number of aliphatic hydroxyl groups excluding tert-OH is 2. The summed E-state index contributed by atoms with van der Waals surface area (Å²) in [5.74, 6) is 0.931. The van der Waals surface area contributed by atoms with Crippen LogP contribution in [0.5, 0.6) is 0 Å². The molecular formula is C23H49NO3. The monoisotopic (exact) mass is 387 g/mol. The second kappa shape index (κ2) is 22.1. The number of hydrogen-bond donors (Lipinski definition) is 3. The molecule has 2 atom stereocenters. The standard InChI is InChI=1S/C23H49NO3/c1-3-4-15-22(2)16-13-11-9-7-5-6-8-10-12-14-19-27-21-23(26)20-24-17-18-25/h22-26H,3-21H2,1-2H3. The maximum Gasteiger partial charge on any atom is 0.0897 e. The maximum absolute atomic E-state index is 9.65. The van der Waals surface area contributed by atoms with Gasteiger partial charge in [-0.3, -0.25) is 0 Å². The molecule has 0 aliphatic heterocycles. The summed E-state index contributed by atoms with van der Waals surface area (Å²) in [4.78, 5) is 0. The molecule has 0 aromatic carbocycles. The smallest absolute Gasteiger partial charge is 0.0897 e. The fourth-order valence-electron chi connectivity index (χ4n) is 3.43. The zero-order valence-corrected chi connectivity index (χ0v) is 18.4. The SMILES string of the molecule is CCCCC(C)CCCCCCCCCCCCOCC(O)CNCCO. The number of aliphatic hydroxyl groups is 2. The van der Waals surface area contributed by atoms with Crippen LogP contribution >= 0.6 is 0 Å². The summed E-state index contributed by atoms with van der Waals surface area (Å²) in [6.45, 7) is 6.94.